The van der Waals surface area contributed by atoms with Crippen LogP contribution in [0.2, 0.25) is 4.94 Å². The molecule has 0 spiro atoms. The number of carbonyl (C=O) groups excluding carboxylic acids is 2. The van der Waals surface area contributed by atoms with Gasteiger partial charge >= 0.3 is 33.4 Å². The topological polar surface area (TPSA) is 80.5 Å². The van der Waals surface area contributed by atoms with Gasteiger partial charge in [0, 0.05) is 51.8 Å². The van der Waals surface area contributed by atoms with Gasteiger partial charge in [-0.2, -0.15) is 0 Å². The predicted octanol–water partition coefficient (Wildman–Crippen LogP) is 5.45. The molecule has 0 aromatic rings. The van der Waals surface area contributed by atoms with Crippen LogP contribution in [0.5, 0.6) is 0 Å². The van der Waals surface area contributed by atoms with E-state index in [1.165, 1.54) is 112 Å². The summed E-state index contributed by atoms with van der Waals surface area (Å²) >= 11 is 1.35. The summed E-state index contributed by atoms with van der Waals surface area (Å²) in [5.74, 6) is -0.605. The van der Waals surface area contributed by atoms with E-state index in [0.29, 0.717) is 23.5 Å². The molecule has 3 saturated heterocycles. The van der Waals surface area contributed by atoms with Crippen molar-refractivity contribution in [3.8, 4) is 0 Å². The molecule has 0 aromatic heterocycles. The van der Waals surface area contributed by atoms with Gasteiger partial charge in [0.05, 0.1) is 5.70 Å². The van der Waals surface area contributed by atoms with Gasteiger partial charge in [-0.15, -0.1) is 0 Å². The molecule has 7 nitrogen and oxygen atoms in total. The van der Waals surface area contributed by atoms with E-state index in [4.69, 9.17) is 5.11 Å². The van der Waals surface area contributed by atoms with Crippen LogP contribution in [-0.4, -0.2) is 99.1 Å². The number of hydrogen-bond donors (Lipinski definition) is 1. The summed E-state index contributed by atoms with van der Waals surface area (Å²) in [7, 11) is 0. The zero-order valence-corrected chi connectivity index (χ0v) is 28.0. The van der Waals surface area contributed by atoms with Crippen molar-refractivity contribution in [2.75, 3.05) is 39.3 Å². The molecule has 1 N–H and O–H groups in total. The van der Waals surface area contributed by atoms with Crippen molar-refractivity contribution in [2.45, 2.75) is 115 Å². The van der Waals surface area contributed by atoms with E-state index >= 15 is 0 Å². The van der Waals surface area contributed by atoms with E-state index in [1.54, 1.807) is 0 Å². The molecule has 0 bridgehead atoms. The maximum absolute atomic E-state index is 12.4. The molecule has 4 rings (SSSR count). The minimum atomic E-state index is -0.653. The summed E-state index contributed by atoms with van der Waals surface area (Å²) in [6.45, 7) is 7.68. The molecule has 0 unspecified atom stereocenters. The molecule has 3 fully saturated rings. The van der Waals surface area contributed by atoms with Crippen LogP contribution >= 0.6 is 0 Å². The number of aliphatic carboxylic acids is 1. The number of nitrogens with zero attached hydrogens (tertiary/aromatic N) is 3. The number of carbonyl (C=O) groups is 3. The van der Waals surface area contributed by atoms with Crippen molar-refractivity contribution in [1.82, 2.24) is 14.7 Å². The third-order valence-corrected chi connectivity index (χ3v) is 7.48. The Hall–Kier alpha value is -1.51. The molecule has 0 aromatic carbocycles. The number of hydrogen-bond acceptors (Lipinski definition) is 6. The normalized spacial score (nSPS) is 17.3. The van der Waals surface area contributed by atoms with Crippen LogP contribution in [0.3, 0.4) is 0 Å². The fourth-order valence-corrected chi connectivity index (χ4v) is 4.92. The molecule has 39 heavy (non-hydrogen) atoms. The van der Waals surface area contributed by atoms with Crippen LogP contribution in [0.1, 0.15) is 110 Å². The fourth-order valence-electron chi connectivity index (χ4n) is 4.92. The van der Waals surface area contributed by atoms with Crippen molar-refractivity contribution in [2.24, 2.45) is 0 Å². The first kappa shape index (κ1) is 33.7. The third-order valence-electron chi connectivity index (χ3n) is 7.48. The fraction of sp³-hybridized carbons (Fsp3) is 0.774. The number of allylic oxidation sites excluding steroid dienone is 1. The molecule has 2 radical (unpaired) electrons. The van der Waals surface area contributed by atoms with E-state index in [9.17, 15) is 14.4 Å². The maximum atomic E-state index is 12.4. The Bertz CT molecular complexity index is 830. The van der Waals surface area contributed by atoms with Gasteiger partial charge in [0.1, 0.15) is 11.4 Å². The molecule has 4 aliphatic rings. The Morgan fingerprint density at radius 2 is 1.05 bits per heavy atom. The zero-order valence-electron chi connectivity index (χ0n) is 24.7. The molecule has 0 saturated carbocycles. The van der Waals surface area contributed by atoms with E-state index in [-0.39, 0.29) is 11.6 Å². The molecule has 3 heterocycles. The molecular weight excluding hydrogens is 597 g/mol. The van der Waals surface area contributed by atoms with E-state index < -0.39 is 5.97 Å². The first-order chi connectivity index (χ1) is 19.0. The monoisotopic (exact) mass is 651 g/mol. The summed E-state index contributed by atoms with van der Waals surface area (Å²) in [5, 5.41) is 8.52. The minimum absolute atomic E-state index is 0.00546. The van der Waals surface area contributed by atoms with Crippen molar-refractivity contribution >= 4 is 40.1 Å². The Morgan fingerprint density at radius 3 is 1.44 bits per heavy atom. The van der Waals surface area contributed by atoms with Gasteiger partial charge in [0.25, 0.3) is 0 Å². The van der Waals surface area contributed by atoms with Crippen LogP contribution in [0, 0.1) is 0 Å². The second-order valence-corrected chi connectivity index (χ2v) is 11.0. The van der Waals surface area contributed by atoms with Gasteiger partial charge < -0.3 is 19.8 Å². The number of unbranched alkanes of at least 4 members (excludes halogenated alkanes) is 14. The second-order valence-electron chi connectivity index (χ2n) is 11.0. The molecule has 220 valence electrons. The van der Waals surface area contributed by atoms with Gasteiger partial charge in [-0.25, -0.2) is 0 Å². The van der Waals surface area contributed by atoms with Gasteiger partial charge in [-0.05, 0) is 6.42 Å². The summed E-state index contributed by atoms with van der Waals surface area (Å²) in [6, 6.07) is 0. The van der Waals surface area contributed by atoms with Crippen molar-refractivity contribution < 1.29 is 19.5 Å². The van der Waals surface area contributed by atoms with Crippen molar-refractivity contribution in [1.29, 1.82) is 0 Å². The molecule has 8 heteroatoms. The van der Waals surface area contributed by atoms with Crippen molar-refractivity contribution in [3.05, 3.63) is 23.2 Å². The van der Waals surface area contributed by atoms with E-state index in [2.05, 4.69) is 11.9 Å². The molecular formula is C31H53N3O4Sn. The predicted molar refractivity (Wildman–Crippen MR) is 160 cm³/mol. The quantitative estimate of drug-likeness (QED) is 0.0863. The molecule has 0 atom stereocenters. The molecule has 1 aliphatic carbocycles. The average molecular weight is 650 g/mol. The third kappa shape index (κ3) is 13.6. The average Bonchev–Trinajstić information content (AvgIpc) is 3.78. The first-order valence-electron chi connectivity index (χ1n) is 15.6. The van der Waals surface area contributed by atoms with Gasteiger partial charge in [0.15, 0.2) is 0 Å². The van der Waals surface area contributed by atoms with E-state index in [0.717, 1.165) is 52.1 Å². The van der Waals surface area contributed by atoms with Crippen LogP contribution < -0.4 is 0 Å². The van der Waals surface area contributed by atoms with Crippen molar-refractivity contribution in [3.63, 3.8) is 0 Å². The van der Waals surface area contributed by atoms with Crippen LogP contribution in [0.25, 0.3) is 0 Å². The summed E-state index contributed by atoms with van der Waals surface area (Å²) in [6.07, 6.45) is 21.7. The molecule has 0 amide bonds. The Kier molecular flexibility index (Phi) is 16.9. The Labute approximate surface area is 250 Å². The summed E-state index contributed by atoms with van der Waals surface area (Å²) in [5.41, 5.74) is 1.89. The summed E-state index contributed by atoms with van der Waals surface area (Å²) in [4.78, 5) is 42.9. The SMILES string of the molecule is CCCCCCCCCCCCCCCCCC(=O)O.O=C1C=C(N2CC2)C(=O)C(N2CC2)=C1N1CC1.[CH3][SnH]. The molecule has 3 aliphatic heterocycles. The van der Waals surface area contributed by atoms with Crippen LogP contribution in [0.15, 0.2) is 23.2 Å². The van der Waals surface area contributed by atoms with Gasteiger partial charge in [-0.3, -0.25) is 14.4 Å². The van der Waals surface area contributed by atoms with E-state index in [1.807, 2.05) is 14.7 Å². The Morgan fingerprint density at radius 1 is 0.667 bits per heavy atom. The van der Waals surface area contributed by atoms with Crippen LogP contribution in [0.4, 0.5) is 0 Å². The van der Waals surface area contributed by atoms with Crippen LogP contribution in [-0.2, 0) is 14.4 Å². The number of Topliss-reactive ketones (excluding diaryl/α,β-unsaturated/α-hetero) is 1. The van der Waals surface area contributed by atoms with Gasteiger partial charge in [0.2, 0.25) is 11.6 Å². The number of ketones is 2. The first-order valence-corrected chi connectivity index (χ1v) is 18.9. The number of rotatable bonds is 19. The summed E-state index contributed by atoms with van der Waals surface area (Å²) < 4.78 is 0. The zero-order chi connectivity index (χ0) is 28.5. The standard InChI is InChI=1S/C18H36O2.C12H13N3O2.CH3.Sn.H/c1-2-3-4-5-6-7-8-9-10-11-12-13-14-15-16-17-18(19)20;16-9-7-8(13-1-2-13)12(17)11(15-5-6-15)10(9)14-3-4-14;;;/h2-17H2,1H3,(H,19,20);7H,1-6H2;1H3;;. The number of carboxylic acid groups (broad SMARTS) is 1. The van der Waals surface area contributed by atoms with Gasteiger partial charge in [-0.1, -0.05) is 96.8 Å². The number of carboxylic acids is 1. The Balaban J connectivity index is 0.000000258. The second kappa shape index (κ2) is 19.5.